The second kappa shape index (κ2) is 4.37. The molecule has 17 heavy (non-hydrogen) atoms. The third-order valence-electron chi connectivity index (χ3n) is 2.28. The molecule has 88 valence electrons. The van der Waals surface area contributed by atoms with E-state index in [1.807, 2.05) is 0 Å². The average Bonchev–Trinajstić information content (AvgIpc) is 2.69. The monoisotopic (exact) mass is 234 g/mol. The number of aryl methyl sites for hydroxylation is 2. The van der Waals surface area contributed by atoms with Crippen molar-refractivity contribution in [2.75, 3.05) is 0 Å². The summed E-state index contributed by atoms with van der Waals surface area (Å²) in [7, 11) is 1.71. The summed E-state index contributed by atoms with van der Waals surface area (Å²) in [6, 6.07) is 3.99. The van der Waals surface area contributed by atoms with Gasteiger partial charge in [0.15, 0.2) is 0 Å². The van der Waals surface area contributed by atoms with Gasteiger partial charge in [0.1, 0.15) is 11.6 Å². The number of carbonyl (C=O) groups excluding carboxylic acids is 1. The fourth-order valence-corrected chi connectivity index (χ4v) is 1.41. The number of halogens is 1. The second-order valence-corrected chi connectivity index (χ2v) is 3.70. The number of hydrogen-bond acceptors (Lipinski definition) is 3. The predicted octanol–water partition coefficient (Wildman–Crippen LogP) is 2.09. The van der Waals surface area contributed by atoms with Crippen LogP contribution in [0.25, 0.3) is 0 Å². The largest absolute Gasteiger partial charge is 0.423 e. The minimum absolute atomic E-state index is 0.347. The van der Waals surface area contributed by atoms with E-state index in [9.17, 15) is 9.18 Å². The quantitative estimate of drug-likeness (QED) is 0.590. The molecule has 0 radical (unpaired) electrons. The van der Waals surface area contributed by atoms with Gasteiger partial charge in [-0.05, 0) is 30.7 Å². The molecule has 0 aliphatic rings. The molecule has 0 fully saturated rings. The summed E-state index contributed by atoms with van der Waals surface area (Å²) in [4.78, 5) is 11.7. The van der Waals surface area contributed by atoms with Gasteiger partial charge < -0.3 is 4.74 Å². The lowest BCUT2D eigenvalue weighted by molar-refractivity contribution is 0.0733. The summed E-state index contributed by atoms with van der Waals surface area (Å²) in [5.41, 5.74) is 0.929. The standard InChI is InChI=1S/C12H11FN2O2/c1-8-5-10(13)3-4-11(8)17-12(16)9-6-14-15(2)7-9/h3-7H,1-2H3. The average molecular weight is 234 g/mol. The number of hydrogen-bond donors (Lipinski definition) is 0. The van der Waals surface area contributed by atoms with Gasteiger partial charge in [-0.3, -0.25) is 4.68 Å². The Kier molecular flexibility index (Phi) is 2.91. The van der Waals surface area contributed by atoms with Crippen LogP contribution >= 0.6 is 0 Å². The van der Waals surface area contributed by atoms with E-state index in [1.54, 1.807) is 20.2 Å². The molecule has 0 unspecified atom stereocenters. The molecule has 0 atom stereocenters. The van der Waals surface area contributed by atoms with Crippen LogP contribution in [0.2, 0.25) is 0 Å². The number of nitrogens with zero attached hydrogens (tertiary/aromatic N) is 2. The van der Waals surface area contributed by atoms with Crippen LogP contribution in [-0.2, 0) is 7.05 Å². The Hall–Kier alpha value is -2.17. The van der Waals surface area contributed by atoms with Crippen molar-refractivity contribution >= 4 is 5.97 Å². The lowest BCUT2D eigenvalue weighted by atomic mass is 10.2. The fraction of sp³-hybridized carbons (Fsp3) is 0.167. The SMILES string of the molecule is Cc1cc(F)ccc1OC(=O)c1cnn(C)c1. The van der Waals surface area contributed by atoms with E-state index < -0.39 is 5.97 Å². The van der Waals surface area contributed by atoms with Crippen LogP contribution in [0.15, 0.2) is 30.6 Å². The van der Waals surface area contributed by atoms with Crippen molar-refractivity contribution in [2.24, 2.45) is 7.05 Å². The topological polar surface area (TPSA) is 44.1 Å². The van der Waals surface area contributed by atoms with Gasteiger partial charge in [-0.15, -0.1) is 0 Å². The van der Waals surface area contributed by atoms with Crippen molar-refractivity contribution < 1.29 is 13.9 Å². The van der Waals surface area contributed by atoms with Crippen molar-refractivity contribution in [1.82, 2.24) is 9.78 Å². The van der Waals surface area contributed by atoms with E-state index in [0.29, 0.717) is 16.9 Å². The maximum atomic E-state index is 12.9. The number of rotatable bonds is 2. The number of benzene rings is 1. The Labute approximate surface area is 97.6 Å². The number of aromatic nitrogens is 2. The van der Waals surface area contributed by atoms with Crippen LogP contribution in [-0.4, -0.2) is 15.7 Å². The molecule has 5 heteroatoms. The van der Waals surface area contributed by atoms with E-state index in [1.165, 1.54) is 29.1 Å². The first-order valence-electron chi connectivity index (χ1n) is 5.03. The maximum absolute atomic E-state index is 12.9. The van der Waals surface area contributed by atoms with Crippen LogP contribution in [0.5, 0.6) is 5.75 Å². The van der Waals surface area contributed by atoms with Gasteiger partial charge in [0, 0.05) is 13.2 Å². The highest BCUT2D eigenvalue weighted by molar-refractivity contribution is 5.90. The molecule has 0 spiro atoms. The van der Waals surface area contributed by atoms with E-state index in [4.69, 9.17) is 4.74 Å². The third kappa shape index (κ3) is 2.50. The molecular weight excluding hydrogens is 223 g/mol. The highest BCUT2D eigenvalue weighted by atomic mass is 19.1. The molecule has 0 saturated heterocycles. The van der Waals surface area contributed by atoms with Crippen molar-refractivity contribution in [2.45, 2.75) is 6.92 Å². The lowest BCUT2D eigenvalue weighted by Gasteiger charge is -2.05. The van der Waals surface area contributed by atoms with Crippen molar-refractivity contribution in [1.29, 1.82) is 0 Å². The summed E-state index contributed by atoms with van der Waals surface area (Å²) in [5.74, 6) is -0.517. The summed E-state index contributed by atoms with van der Waals surface area (Å²) >= 11 is 0. The third-order valence-corrected chi connectivity index (χ3v) is 2.28. The van der Waals surface area contributed by atoms with Gasteiger partial charge in [-0.2, -0.15) is 5.10 Å². The normalized spacial score (nSPS) is 10.3. The smallest absolute Gasteiger partial charge is 0.346 e. The van der Waals surface area contributed by atoms with Crippen LogP contribution in [0.3, 0.4) is 0 Å². The summed E-state index contributed by atoms with van der Waals surface area (Å²) < 4.78 is 19.5. The van der Waals surface area contributed by atoms with Gasteiger partial charge in [-0.1, -0.05) is 0 Å². The molecule has 1 aromatic carbocycles. The zero-order valence-corrected chi connectivity index (χ0v) is 9.48. The first-order chi connectivity index (χ1) is 8.06. The maximum Gasteiger partial charge on any atom is 0.346 e. The molecule has 0 amide bonds. The molecule has 2 rings (SSSR count). The van der Waals surface area contributed by atoms with E-state index in [-0.39, 0.29) is 5.82 Å². The Balaban J connectivity index is 2.18. The van der Waals surface area contributed by atoms with Crippen LogP contribution < -0.4 is 4.74 Å². The zero-order chi connectivity index (χ0) is 12.4. The molecular formula is C12H11FN2O2. The van der Waals surface area contributed by atoms with E-state index >= 15 is 0 Å². The molecule has 0 aliphatic carbocycles. The van der Waals surface area contributed by atoms with Gasteiger partial charge in [0.25, 0.3) is 0 Å². The minimum atomic E-state index is -0.507. The van der Waals surface area contributed by atoms with Crippen LogP contribution in [0, 0.1) is 12.7 Å². The Morgan fingerprint density at radius 1 is 1.47 bits per heavy atom. The molecule has 0 saturated carbocycles. The number of esters is 1. The van der Waals surface area contributed by atoms with Crippen LogP contribution in [0.4, 0.5) is 4.39 Å². The zero-order valence-electron chi connectivity index (χ0n) is 9.48. The molecule has 2 aromatic rings. The Morgan fingerprint density at radius 2 is 2.24 bits per heavy atom. The molecule has 1 heterocycles. The molecule has 0 aliphatic heterocycles. The molecule has 0 N–H and O–H groups in total. The second-order valence-electron chi connectivity index (χ2n) is 3.70. The lowest BCUT2D eigenvalue weighted by Crippen LogP contribution is -2.08. The Bertz CT molecular complexity index is 563. The molecule has 0 bridgehead atoms. The first kappa shape index (κ1) is 11.3. The summed E-state index contributed by atoms with van der Waals surface area (Å²) in [5, 5.41) is 3.87. The van der Waals surface area contributed by atoms with Crippen LogP contribution in [0.1, 0.15) is 15.9 Å². The van der Waals surface area contributed by atoms with Crippen molar-refractivity contribution in [3.63, 3.8) is 0 Å². The molecule has 1 aromatic heterocycles. The number of carbonyl (C=O) groups is 1. The molecule has 4 nitrogen and oxygen atoms in total. The van der Waals surface area contributed by atoms with E-state index in [2.05, 4.69) is 5.10 Å². The van der Waals surface area contributed by atoms with Crippen molar-refractivity contribution in [3.05, 3.63) is 47.5 Å². The summed E-state index contributed by atoms with van der Waals surface area (Å²) in [6.45, 7) is 1.68. The van der Waals surface area contributed by atoms with Gasteiger partial charge >= 0.3 is 5.97 Å². The van der Waals surface area contributed by atoms with Gasteiger partial charge in [-0.25, -0.2) is 9.18 Å². The van der Waals surface area contributed by atoms with Crippen molar-refractivity contribution in [3.8, 4) is 5.75 Å². The Morgan fingerprint density at radius 3 is 2.82 bits per heavy atom. The first-order valence-corrected chi connectivity index (χ1v) is 5.03. The number of ether oxygens (including phenoxy) is 1. The van der Waals surface area contributed by atoms with Gasteiger partial charge in [0.2, 0.25) is 0 Å². The highest BCUT2D eigenvalue weighted by Crippen LogP contribution is 2.19. The summed E-state index contributed by atoms with van der Waals surface area (Å²) in [6.07, 6.45) is 2.97. The van der Waals surface area contributed by atoms with Gasteiger partial charge in [0.05, 0.1) is 11.8 Å². The van der Waals surface area contributed by atoms with E-state index in [0.717, 1.165) is 0 Å². The minimum Gasteiger partial charge on any atom is -0.423 e. The fourth-order valence-electron chi connectivity index (χ4n) is 1.41. The predicted molar refractivity (Wildman–Crippen MR) is 59.3 cm³/mol. The highest BCUT2D eigenvalue weighted by Gasteiger charge is 2.12.